The molecule has 1 rings (SSSR count). The maximum Gasteiger partial charge on any atom is 0.223 e. The Morgan fingerprint density at radius 1 is 1.45 bits per heavy atom. The van der Waals surface area contributed by atoms with Gasteiger partial charge >= 0.3 is 0 Å². The number of hydrogen-bond acceptors (Lipinski definition) is 4. The number of sulfonamides is 1. The molecule has 0 aromatic rings. The van der Waals surface area contributed by atoms with Gasteiger partial charge in [-0.3, -0.25) is 4.79 Å². The molecule has 1 aliphatic heterocycles. The molecular weight excluding hydrogens is 278 g/mol. The van der Waals surface area contributed by atoms with Gasteiger partial charge in [0.15, 0.2) is 0 Å². The lowest BCUT2D eigenvalue weighted by Crippen LogP contribution is -2.43. The van der Waals surface area contributed by atoms with E-state index >= 15 is 0 Å². The van der Waals surface area contributed by atoms with E-state index in [1.54, 1.807) is 0 Å². The molecule has 118 valence electrons. The highest BCUT2D eigenvalue weighted by Crippen LogP contribution is 2.15. The van der Waals surface area contributed by atoms with Crippen LogP contribution >= 0.6 is 0 Å². The summed E-state index contributed by atoms with van der Waals surface area (Å²) in [5.41, 5.74) is 0. The van der Waals surface area contributed by atoms with Crippen molar-refractivity contribution >= 4 is 15.9 Å². The highest BCUT2D eigenvalue weighted by Gasteiger charge is 2.24. The average molecular weight is 305 g/mol. The summed E-state index contributed by atoms with van der Waals surface area (Å²) in [6.45, 7) is 6.25. The molecule has 2 N–H and O–H groups in total. The topological polar surface area (TPSA) is 78.5 Å². The maximum atomic E-state index is 12.0. The van der Waals surface area contributed by atoms with E-state index in [4.69, 9.17) is 0 Å². The quantitative estimate of drug-likeness (QED) is 0.657. The SMILES string of the molecule is CCN(CCCNC(=O)[C@H]1CCN[C@@H](C)C1)S(C)(=O)=O. The maximum absolute atomic E-state index is 12.0. The summed E-state index contributed by atoms with van der Waals surface area (Å²) in [7, 11) is -3.13. The fraction of sp³-hybridized carbons (Fsp3) is 0.923. The number of carbonyl (C=O) groups excluding carboxylic acids is 1. The molecule has 1 aliphatic rings. The summed E-state index contributed by atoms with van der Waals surface area (Å²) in [6.07, 6.45) is 3.61. The lowest BCUT2D eigenvalue weighted by atomic mass is 9.92. The van der Waals surface area contributed by atoms with Gasteiger partial charge in [0.2, 0.25) is 15.9 Å². The van der Waals surface area contributed by atoms with Crippen LogP contribution in [0.4, 0.5) is 0 Å². The molecule has 20 heavy (non-hydrogen) atoms. The zero-order chi connectivity index (χ0) is 15.2. The van der Waals surface area contributed by atoms with Crippen LogP contribution in [0.5, 0.6) is 0 Å². The van der Waals surface area contributed by atoms with Gasteiger partial charge in [0.25, 0.3) is 0 Å². The molecule has 2 atom stereocenters. The van der Waals surface area contributed by atoms with Crippen LogP contribution in [0, 0.1) is 5.92 Å². The second-order valence-electron chi connectivity index (χ2n) is 5.48. The van der Waals surface area contributed by atoms with Gasteiger partial charge in [-0.15, -0.1) is 0 Å². The van der Waals surface area contributed by atoms with Crippen LogP contribution < -0.4 is 10.6 Å². The monoisotopic (exact) mass is 305 g/mol. The predicted molar refractivity (Wildman–Crippen MR) is 79.9 cm³/mol. The molecule has 1 fully saturated rings. The first-order valence-corrected chi connectivity index (χ1v) is 9.15. The molecule has 0 unspecified atom stereocenters. The third kappa shape index (κ3) is 5.76. The number of rotatable bonds is 7. The molecule has 0 bridgehead atoms. The van der Waals surface area contributed by atoms with Crippen molar-refractivity contribution in [2.45, 2.75) is 39.2 Å². The standard InChI is InChI=1S/C13H27N3O3S/c1-4-16(20(3,18)19)9-5-7-15-13(17)12-6-8-14-11(2)10-12/h11-12,14H,4-10H2,1-3H3,(H,15,17)/t11-,12-/m0/s1. The third-order valence-corrected chi connectivity index (χ3v) is 5.08. The van der Waals surface area contributed by atoms with Crippen molar-refractivity contribution in [3.63, 3.8) is 0 Å². The number of nitrogens with zero attached hydrogens (tertiary/aromatic N) is 1. The smallest absolute Gasteiger partial charge is 0.223 e. The molecule has 1 saturated heterocycles. The van der Waals surface area contributed by atoms with Gasteiger partial charge < -0.3 is 10.6 Å². The van der Waals surface area contributed by atoms with E-state index in [2.05, 4.69) is 17.6 Å². The van der Waals surface area contributed by atoms with Crippen molar-refractivity contribution in [1.29, 1.82) is 0 Å². The van der Waals surface area contributed by atoms with E-state index in [0.717, 1.165) is 19.4 Å². The summed E-state index contributed by atoms with van der Waals surface area (Å²) in [5, 5.41) is 6.24. The van der Waals surface area contributed by atoms with Crippen LogP contribution in [-0.2, 0) is 14.8 Å². The lowest BCUT2D eigenvalue weighted by molar-refractivity contribution is -0.126. The summed E-state index contributed by atoms with van der Waals surface area (Å²) >= 11 is 0. The Bertz CT molecular complexity index is 411. The summed E-state index contributed by atoms with van der Waals surface area (Å²) < 4.78 is 24.2. The van der Waals surface area contributed by atoms with E-state index in [9.17, 15) is 13.2 Å². The molecule has 1 amide bonds. The van der Waals surface area contributed by atoms with Gasteiger partial charge in [0.05, 0.1) is 6.26 Å². The Labute approximate surface area is 122 Å². The average Bonchev–Trinajstić information content (AvgIpc) is 2.37. The van der Waals surface area contributed by atoms with E-state index in [0.29, 0.717) is 32.1 Å². The molecule has 0 saturated carbocycles. The Kier molecular flexibility index (Phi) is 6.91. The minimum absolute atomic E-state index is 0.0865. The Morgan fingerprint density at radius 2 is 2.15 bits per heavy atom. The Morgan fingerprint density at radius 3 is 2.70 bits per heavy atom. The molecule has 0 aromatic heterocycles. The van der Waals surface area contributed by atoms with E-state index in [1.165, 1.54) is 10.6 Å². The lowest BCUT2D eigenvalue weighted by Gasteiger charge is -2.27. The first-order chi connectivity index (χ1) is 9.34. The van der Waals surface area contributed by atoms with Gasteiger partial charge in [-0.05, 0) is 32.7 Å². The highest BCUT2D eigenvalue weighted by molar-refractivity contribution is 7.88. The zero-order valence-electron chi connectivity index (χ0n) is 12.7. The van der Waals surface area contributed by atoms with Gasteiger partial charge in [-0.2, -0.15) is 0 Å². The van der Waals surface area contributed by atoms with Crippen LogP contribution in [0.1, 0.15) is 33.1 Å². The second-order valence-corrected chi connectivity index (χ2v) is 7.46. The Balaban J connectivity index is 2.25. The first kappa shape index (κ1) is 17.4. The van der Waals surface area contributed by atoms with Gasteiger partial charge in [-0.1, -0.05) is 6.92 Å². The van der Waals surface area contributed by atoms with E-state index in [1.807, 2.05) is 6.92 Å². The van der Waals surface area contributed by atoms with E-state index in [-0.39, 0.29) is 11.8 Å². The fourth-order valence-electron chi connectivity index (χ4n) is 2.54. The fourth-order valence-corrected chi connectivity index (χ4v) is 3.47. The van der Waals surface area contributed by atoms with Gasteiger partial charge in [0.1, 0.15) is 0 Å². The summed E-state index contributed by atoms with van der Waals surface area (Å²) in [5.74, 6) is 0.184. The van der Waals surface area contributed by atoms with Crippen molar-refractivity contribution in [3.8, 4) is 0 Å². The van der Waals surface area contributed by atoms with E-state index < -0.39 is 10.0 Å². The predicted octanol–water partition coefficient (Wildman–Crippen LogP) is 0.162. The van der Waals surface area contributed by atoms with Gasteiger partial charge in [-0.25, -0.2) is 12.7 Å². The minimum atomic E-state index is -3.13. The molecular formula is C13H27N3O3S. The summed E-state index contributed by atoms with van der Waals surface area (Å²) in [4.78, 5) is 12.0. The van der Waals surface area contributed by atoms with Crippen LogP contribution in [0.3, 0.4) is 0 Å². The van der Waals surface area contributed by atoms with Crippen molar-refractivity contribution in [1.82, 2.24) is 14.9 Å². The normalized spacial score (nSPS) is 23.8. The van der Waals surface area contributed by atoms with Crippen LogP contribution in [0.2, 0.25) is 0 Å². The zero-order valence-corrected chi connectivity index (χ0v) is 13.5. The number of nitrogens with one attached hydrogen (secondary N) is 2. The number of piperidine rings is 1. The van der Waals surface area contributed by atoms with Gasteiger partial charge in [0, 0.05) is 31.6 Å². The number of amides is 1. The van der Waals surface area contributed by atoms with Crippen molar-refractivity contribution in [2.24, 2.45) is 5.92 Å². The molecule has 0 aromatic carbocycles. The van der Waals surface area contributed by atoms with Crippen molar-refractivity contribution < 1.29 is 13.2 Å². The molecule has 1 heterocycles. The Hall–Kier alpha value is -0.660. The van der Waals surface area contributed by atoms with Crippen LogP contribution in [-0.4, -0.2) is 57.1 Å². The molecule has 0 aliphatic carbocycles. The second kappa shape index (κ2) is 7.95. The van der Waals surface area contributed by atoms with Crippen LogP contribution in [0.15, 0.2) is 0 Å². The molecule has 7 heteroatoms. The molecule has 0 radical (unpaired) electrons. The highest BCUT2D eigenvalue weighted by atomic mass is 32.2. The van der Waals surface area contributed by atoms with Crippen LogP contribution in [0.25, 0.3) is 0 Å². The summed E-state index contributed by atoms with van der Waals surface area (Å²) in [6, 6.07) is 0.389. The van der Waals surface area contributed by atoms with Crippen molar-refractivity contribution in [3.05, 3.63) is 0 Å². The van der Waals surface area contributed by atoms with Crippen molar-refractivity contribution in [2.75, 3.05) is 32.4 Å². The molecule has 0 spiro atoms. The minimum Gasteiger partial charge on any atom is -0.356 e. The molecule has 6 nitrogen and oxygen atoms in total. The first-order valence-electron chi connectivity index (χ1n) is 7.30. The number of carbonyl (C=O) groups is 1. The third-order valence-electron chi connectivity index (χ3n) is 3.70. The largest absolute Gasteiger partial charge is 0.356 e. The number of hydrogen-bond donors (Lipinski definition) is 2.